The summed E-state index contributed by atoms with van der Waals surface area (Å²) in [5.74, 6) is 0.740. The minimum atomic E-state index is -4.70. The van der Waals surface area contributed by atoms with Crippen molar-refractivity contribution in [1.82, 2.24) is 14.8 Å². The van der Waals surface area contributed by atoms with E-state index in [0.717, 1.165) is 23.6 Å². The van der Waals surface area contributed by atoms with Crippen LogP contribution in [0.5, 0.6) is 0 Å². The Kier molecular flexibility index (Phi) is 3.34. The maximum absolute atomic E-state index is 13.0. The fourth-order valence-electron chi connectivity index (χ4n) is 2.19. The van der Waals surface area contributed by atoms with Crippen molar-refractivity contribution in [3.63, 3.8) is 0 Å². The first-order valence-electron chi connectivity index (χ1n) is 6.88. The van der Waals surface area contributed by atoms with Gasteiger partial charge < -0.3 is 4.42 Å². The highest BCUT2D eigenvalue weighted by molar-refractivity contribution is 5.22. The second-order valence-corrected chi connectivity index (χ2v) is 5.47. The third-order valence-corrected chi connectivity index (χ3v) is 3.65. The summed E-state index contributed by atoms with van der Waals surface area (Å²) in [7, 11) is 0. The van der Waals surface area contributed by atoms with Crippen molar-refractivity contribution in [1.29, 1.82) is 0 Å². The van der Waals surface area contributed by atoms with Crippen LogP contribution >= 0.6 is 0 Å². The molecule has 2 aromatic heterocycles. The molecule has 0 radical (unpaired) electrons. The van der Waals surface area contributed by atoms with E-state index in [-0.39, 0.29) is 18.4 Å². The van der Waals surface area contributed by atoms with Crippen LogP contribution in [0.1, 0.15) is 47.4 Å². The molecule has 0 N–H and O–H groups in total. The minimum Gasteiger partial charge on any atom is -0.444 e. The fraction of sp³-hybridized carbons (Fsp3) is 0.500. The van der Waals surface area contributed by atoms with Crippen molar-refractivity contribution in [3.05, 3.63) is 45.0 Å². The molecule has 1 aliphatic carbocycles. The van der Waals surface area contributed by atoms with E-state index in [2.05, 4.69) is 10.1 Å². The summed E-state index contributed by atoms with van der Waals surface area (Å²) >= 11 is 0. The lowest BCUT2D eigenvalue weighted by molar-refractivity contribution is -0.139. The Morgan fingerprint density at radius 3 is 2.55 bits per heavy atom. The highest BCUT2D eigenvalue weighted by atomic mass is 19.4. The van der Waals surface area contributed by atoms with Gasteiger partial charge in [-0.1, -0.05) is 0 Å². The van der Waals surface area contributed by atoms with Crippen LogP contribution in [0.3, 0.4) is 0 Å². The normalized spacial score (nSPS) is 15.3. The van der Waals surface area contributed by atoms with Crippen LogP contribution in [0.4, 0.5) is 13.2 Å². The highest BCUT2D eigenvalue weighted by Gasteiger charge is 2.37. The third kappa shape index (κ3) is 2.77. The molecule has 118 valence electrons. The van der Waals surface area contributed by atoms with Gasteiger partial charge in [-0.3, -0.25) is 4.79 Å². The third-order valence-electron chi connectivity index (χ3n) is 3.65. The van der Waals surface area contributed by atoms with Gasteiger partial charge in [0.15, 0.2) is 0 Å². The topological polar surface area (TPSA) is 60.9 Å². The van der Waals surface area contributed by atoms with Crippen molar-refractivity contribution in [3.8, 4) is 0 Å². The van der Waals surface area contributed by atoms with Gasteiger partial charge in [0.1, 0.15) is 17.9 Å². The number of aryl methyl sites for hydroxylation is 2. The number of rotatable bonds is 3. The molecule has 22 heavy (non-hydrogen) atoms. The lowest BCUT2D eigenvalue weighted by atomic mass is 10.2. The molecule has 0 aliphatic heterocycles. The van der Waals surface area contributed by atoms with Crippen molar-refractivity contribution < 1.29 is 17.6 Å². The predicted molar refractivity (Wildman–Crippen MR) is 70.6 cm³/mol. The van der Waals surface area contributed by atoms with E-state index in [1.165, 1.54) is 0 Å². The summed E-state index contributed by atoms with van der Waals surface area (Å²) in [6, 6.07) is 0.864. The molecule has 0 unspecified atom stereocenters. The van der Waals surface area contributed by atoms with Gasteiger partial charge in [0.2, 0.25) is 5.89 Å². The van der Waals surface area contributed by atoms with E-state index in [0.29, 0.717) is 17.1 Å². The van der Waals surface area contributed by atoms with Gasteiger partial charge in [0.25, 0.3) is 5.56 Å². The molecule has 1 saturated carbocycles. The molecule has 0 amide bonds. The molecule has 2 heterocycles. The molecule has 1 fully saturated rings. The number of hydrogen-bond donors (Lipinski definition) is 0. The largest absolute Gasteiger partial charge is 0.444 e. The number of halogens is 3. The first kappa shape index (κ1) is 14.8. The standard InChI is InChI=1S/C14H14F3N3O2/c1-7-8(2)22-12(18-7)6-20-13(21)10(14(15,16)17)5-11(19-20)9-3-4-9/h5,9H,3-4,6H2,1-2H3. The zero-order chi connectivity index (χ0) is 16.1. The Morgan fingerprint density at radius 1 is 1.36 bits per heavy atom. The van der Waals surface area contributed by atoms with Crippen molar-refractivity contribution >= 4 is 0 Å². The Morgan fingerprint density at radius 2 is 2.05 bits per heavy atom. The zero-order valence-electron chi connectivity index (χ0n) is 12.1. The number of oxazole rings is 1. The molecule has 0 saturated heterocycles. The van der Waals surface area contributed by atoms with Crippen LogP contribution < -0.4 is 5.56 Å². The van der Waals surface area contributed by atoms with Crippen LogP contribution in [0.2, 0.25) is 0 Å². The quantitative estimate of drug-likeness (QED) is 0.874. The van der Waals surface area contributed by atoms with Gasteiger partial charge in [0.05, 0.1) is 11.4 Å². The average Bonchev–Trinajstić information content (AvgIpc) is 3.19. The summed E-state index contributed by atoms with van der Waals surface area (Å²) in [4.78, 5) is 16.1. The van der Waals surface area contributed by atoms with Gasteiger partial charge >= 0.3 is 6.18 Å². The maximum Gasteiger partial charge on any atom is 0.421 e. The van der Waals surface area contributed by atoms with E-state index in [1.807, 2.05) is 0 Å². The van der Waals surface area contributed by atoms with Gasteiger partial charge in [-0.2, -0.15) is 18.3 Å². The van der Waals surface area contributed by atoms with Gasteiger partial charge in [-0.15, -0.1) is 0 Å². The Labute approximate surface area is 123 Å². The molecular formula is C14H14F3N3O2. The van der Waals surface area contributed by atoms with Crippen molar-refractivity contribution in [2.45, 2.75) is 45.3 Å². The summed E-state index contributed by atoms with van der Waals surface area (Å²) < 4.78 is 45.2. The van der Waals surface area contributed by atoms with E-state index in [4.69, 9.17) is 4.42 Å². The second-order valence-electron chi connectivity index (χ2n) is 5.47. The Bertz CT molecular complexity index is 753. The lowest BCUT2D eigenvalue weighted by Crippen LogP contribution is -2.31. The number of aromatic nitrogens is 3. The zero-order valence-corrected chi connectivity index (χ0v) is 12.1. The maximum atomic E-state index is 13.0. The molecule has 1 aliphatic rings. The van der Waals surface area contributed by atoms with E-state index in [9.17, 15) is 18.0 Å². The smallest absolute Gasteiger partial charge is 0.421 e. The highest BCUT2D eigenvalue weighted by Crippen LogP contribution is 2.40. The van der Waals surface area contributed by atoms with Crippen LogP contribution in [0.15, 0.2) is 15.3 Å². The molecule has 8 heteroatoms. The fourth-order valence-corrected chi connectivity index (χ4v) is 2.19. The van der Waals surface area contributed by atoms with E-state index < -0.39 is 17.3 Å². The number of hydrogen-bond acceptors (Lipinski definition) is 4. The molecular weight excluding hydrogens is 299 g/mol. The average molecular weight is 313 g/mol. The molecule has 0 bridgehead atoms. The second kappa shape index (κ2) is 4.96. The summed E-state index contributed by atoms with van der Waals surface area (Å²) in [6.07, 6.45) is -3.12. The summed E-state index contributed by atoms with van der Waals surface area (Å²) in [6.45, 7) is 3.21. The van der Waals surface area contributed by atoms with Gasteiger partial charge in [-0.25, -0.2) is 9.67 Å². The number of alkyl halides is 3. The van der Waals surface area contributed by atoms with Gasteiger partial charge in [-0.05, 0) is 32.8 Å². The minimum absolute atomic E-state index is 0.000910. The molecule has 5 nitrogen and oxygen atoms in total. The van der Waals surface area contributed by atoms with E-state index >= 15 is 0 Å². The van der Waals surface area contributed by atoms with Crippen LogP contribution in [-0.2, 0) is 12.7 Å². The Hall–Kier alpha value is -2.12. The molecule has 3 rings (SSSR count). The predicted octanol–water partition coefficient (Wildman–Crippen LogP) is 2.79. The monoisotopic (exact) mass is 313 g/mol. The molecule has 0 spiro atoms. The summed E-state index contributed by atoms with van der Waals surface area (Å²) in [5.41, 5.74) is -1.43. The Balaban J connectivity index is 2.05. The first-order valence-corrected chi connectivity index (χ1v) is 6.88. The van der Waals surface area contributed by atoms with Crippen LogP contribution in [-0.4, -0.2) is 14.8 Å². The summed E-state index contributed by atoms with van der Waals surface area (Å²) in [5, 5.41) is 4.05. The van der Waals surface area contributed by atoms with Crippen molar-refractivity contribution in [2.24, 2.45) is 0 Å². The molecule has 0 aromatic carbocycles. The van der Waals surface area contributed by atoms with Crippen LogP contribution in [0.25, 0.3) is 0 Å². The first-order chi connectivity index (χ1) is 10.3. The van der Waals surface area contributed by atoms with E-state index in [1.54, 1.807) is 13.8 Å². The molecule has 2 aromatic rings. The lowest BCUT2D eigenvalue weighted by Gasteiger charge is -2.11. The molecule has 0 atom stereocenters. The van der Waals surface area contributed by atoms with Crippen LogP contribution in [0, 0.1) is 13.8 Å². The number of nitrogens with zero attached hydrogens (tertiary/aromatic N) is 3. The SMILES string of the molecule is Cc1nc(Cn2nc(C3CC3)cc(C(F)(F)F)c2=O)oc1C. The van der Waals surface area contributed by atoms with Gasteiger partial charge in [0, 0.05) is 5.92 Å². The van der Waals surface area contributed by atoms with Crippen molar-refractivity contribution in [2.75, 3.05) is 0 Å².